The number of carbonyl (C=O) groups excluding carboxylic acids is 1. The van der Waals surface area contributed by atoms with Gasteiger partial charge < -0.3 is 10.1 Å². The van der Waals surface area contributed by atoms with Crippen molar-refractivity contribution in [2.24, 2.45) is 0 Å². The molecule has 1 N–H and O–H groups in total. The van der Waals surface area contributed by atoms with E-state index in [1.807, 2.05) is 0 Å². The number of carbonyl (C=O) groups is 1. The van der Waals surface area contributed by atoms with E-state index in [1.165, 1.54) is 12.1 Å². The van der Waals surface area contributed by atoms with Crippen LogP contribution in [0.2, 0.25) is 0 Å². The predicted octanol–water partition coefficient (Wildman–Crippen LogP) is 5.36. The first kappa shape index (κ1) is 25.4. The molecular formula is C22H13F6N5O4. The van der Waals surface area contributed by atoms with E-state index < -0.39 is 52.9 Å². The molecule has 4 aromatic rings. The molecule has 37 heavy (non-hydrogen) atoms. The number of nitrogens with one attached hydrogen (secondary N) is 1. The monoisotopic (exact) mass is 525 g/mol. The molecule has 192 valence electrons. The Morgan fingerprint density at radius 1 is 1.11 bits per heavy atom. The minimum absolute atomic E-state index is 0.161. The molecule has 1 amide bonds. The molecule has 0 spiro atoms. The first-order valence-electron chi connectivity index (χ1n) is 10.2. The van der Waals surface area contributed by atoms with E-state index in [0.717, 1.165) is 36.4 Å². The molecule has 2 aromatic heterocycles. The fourth-order valence-corrected chi connectivity index (χ4v) is 3.25. The molecule has 0 aliphatic carbocycles. The first-order valence-corrected chi connectivity index (χ1v) is 10.2. The minimum Gasteiger partial charge on any atom is -0.487 e. The van der Waals surface area contributed by atoms with E-state index in [-0.39, 0.29) is 28.3 Å². The van der Waals surface area contributed by atoms with E-state index in [2.05, 4.69) is 15.4 Å². The third kappa shape index (κ3) is 5.76. The number of amides is 1. The lowest BCUT2D eigenvalue weighted by Gasteiger charge is -2.11. The zero-order valence-electron chi connectivity index (χ0n) is 18.2. The Labute approximate surface area is 202 Å². The molecule has 0 unspecified atom stereocenters. The maximum Gasteiger partial charge on any atom is 0.433 e. The van der Waals surface area contributed by atoms with Crippen molar-refractivity contribution in [1.29, 1.82) is 0 Å². The van der Waals surface area contributed by atoms with Gasteiger partial charge >= 0.3 is 6.18 Å². The number of nitrogens with zero attached hydrogens (tertiary/aromatic N) is 4. The molecule has 0 aliphatic rings. The van der Waals surface area contributed by atoms with Gasteiger partial charge in [0.15, 0.2) is 17.0 Å². The van der Waals surface area contributed by atoms with Crippen molar-refractivity contribution in [1.82, 2.24) is 14.6 Å². The summed E-state index contributed by atoms with van der Waals surface area (Å²) in [6, 6.07) is 8.96. The summed E-state index contributed by atoms with van der Waals surface area (Å²) < 4.78 is 84.5. The van der Waals surface area contributed by atoms with Gasteiger partial charge in [-0.3, -0.25) is 14.9 Å². The summed E-state index contributed by atoms with van der Waals surface area (Å²) in [5, 5.41) is 17.0. The van der Waals surface area contributed by atoms with Gasteiger partial charge in [-0.1, -0.05) is 0 Å². The van der Waals surface area contributed by atoms with Crippen molar-refractivity contribution in [2.45, 2.75) is 12.6 Å². The van der Waals surface area contributed by atoms with Gasteiger partial charge in [0, 0.05) is 23.8 Å². The summed E-state index contributed by atoms with van der Waals surface area (Å²) in [5.41, 5.74) is -3.00. The van der Waals surface area contributed by atoms with Gasteiger partial charge in [-0.05, 0) is 30.3 Å². The zero-order valence-corrected chi connectivity index (χ0v) is 18.2. The Kier molecular flexibility index (Phi) is 6.70. The van der Waals surface area contributed by atoms with Gasteiger partial charge in [-0.15, -0.1) is 0 Å². The molecule has 0 radical (unpaired) electrons. The maximum atomic E-state index is 13.7. The molecule has 2 aromatic carbocycles. The molecule has 0 atom stereocenters. The van der Waals surface area contributed by atoms with Crippen molar-refractivity contribution >= 4 is 22.9 Å². The van der Waals surface area contributed by atoms with Crippen LogP contribution < -0.4 is 10.1 Å². The first-order chi connectivity index (χ1) is 17.4. The van der Waals surface area contributed by atoms with Crippen LogP contribution in [-0.2, 0) is 6.18 Å². The van der Waals surface area contributed by atoms with Crippen LogP contribution in [0.3, 0.4) is 0 Å². The summed E-state index contributed by atoms with van der Waals surface area (Å²) in [6.45, 7) is -1.07. The SMILES string of the molecule is O=C(Nc1cc(OCC(F)F)cc([N+](=O)[O-])c1)c1cc2nc(-c3ccc(F)cc3)cc(C(F)(F)F)n2n1. The molecule has 0 bridgehead atoms. The van der Waals surface area contributed by atoms with E-state index in [0.29, 0.717) is 10.6 Å². The highest BCUT2D eigenvalue weighted by atomic mass is 19.4. The molecule has 0 fully saturated rings. The lowest BCUT2D eigenvalue weighted by atomic mass is 10.1. The standard InChI is InChI=1S/C22H13F6N5O4/c23-12-3-1-11(2-4-12)16-8-18(22(26,27)28)32-20(30-16)9-17(31-32)21(34)29-13-5-14(33(35)36)7-15(6-13)37-10-19(24)25/h1-9,19H,10H2,(H,29,34). The van der Waals surface area contributed by atoms with Gasteiger partial charge in [0.05, 0.1) is 22.4 Å². The summed E-state index contributed by atoms with van der Waals surface area (Å²) >= 11 is 0. The van der Waals surface area contributed by atoms with Crippen LogP contribution in [0.1, 0.15) is 16.2 Å². The average Bonchev–Trinajstić information content (AvgIpc) is 3.26. The van der Waals surface area contributed by atoms with E-state index in [9.17, 15) is 41.3 Å². The highest BCUT2D eigenvalue weighted by Gasteiger charge is 2.35. The van der Waals surface area contributed by atoms with E-state index in [1.54, 1.807) is 0 Å². The van der Waals surface area contributed by atoms with Crippen molar-refractivity contribution in [3.63, 3.8) is 0 Å². The van der Waals surface area contributed by atoms with Crippen molar-refractivity contribution in [3.8, 4) is 17.0 Å². The third-order valence-corrected chi connectivity index (χ3v) is 4.83. The number of hydrogen-bond acceptors (Lipinski definition) is 6. The lowest BCUT2D eigenvalue weighted by molar-refractivity contribution is -0.384. The largest absolute Gasteiger partial charge is 0.487 e. The Bertz CT molecular complexity index is 1490. The number of anilines is 1. The zero-order chi connectivity index (χ0) is 26.9. The second-order valence-electron chi connectivity index (χ2n) is 7.46. The number of benzene rings is 2. The van der Waals surface area contributed by atoms with Crippen LogP contribution in [0.5, 0.6) is 5.75 Å². The second kappa shape index (κ2) is 9.75. The quantitative estimate of drug-likeness (QED) is 0.198. The third-order valence-electron chi connectivity index (χ3n) is 4.83. The number of aromatic nitrogens is 3. The second-order valence-corrected chi connectivity index (χ2v) is 7.46. The highest BCUT2D eigenvalue weighted by molar-refractivity contribution is 6.03. The van der Waals surface area contributed by atoms with Gasteiger partial charge in [-0.2, -0.15) is 18.3 Å². The number of fused-ring (bicyclic) bond motifs is 1. The Hall–Kier alpha value is -4.69. The van der Waals surface area contributed by atoms with Crippen LogP contribution >= 0.6 is 0 Å². The van der Waals surface area contributed by atoms with Crippen LogP contribution in [0, 0.1) is 15.9 Å². The van der Waals surface area contributed by atoms with Crippen LogP contribution in [-0.4, -0.2) is 38.5 Å². The summed E-state index contributed by atoms with van der Waals surface area (Å²) in [5.74, 6) is -2.01. The number of non-ortho nitro benzene ring substituents is 1. The molecule has 15 heteroatoms. The van der Waals surface area contributed by atoms with E-state index in [4.69, 9.17) is 4.74 Å². The topological polar surface area (TPSA) is 112 Å². The number of nitro benzene ring substituents is 1. The molecule has 9 nitrogen and oxygen atoms in total. The van der Waals surface area contributed by atoms with Gasteiger partial charge in [0.25, 0.3) is 18.0 Å². The predicted molar refractivity (Wildman–Crippen MR) is 116 cm³/mol. The summed E-state index contributed by atoms with van der Waals surface area (Å²) in [6.07, 6.45) is -7.78. The van der Waals surface area contributed by atoms with Crippen LogP contribution in [0.25, 0.3) is 16.9 Å². The minimum atomic E-state index is -4.91. The fourth-order valence-electron chi connectivity index (χ4n) is 3.25. The van der Waals surface area contributed by atoms with Gasteiger partial charge in [0.2, 0.25) is 0 Å². The summed E-state index contributed by atoms with van der Waals surface area (Å²) in [4.78, 5) is 27.1. The Morgan fingerprint density at radius 3 is 2.43 bits per heavy atom. The molecule has 4 rings (SSSR count). The smallest absolute Gasteiger partial charge is 0.433 e. The molecule has 0 saturated heterocycles. The summed E-state index contributed by atoms with van der Waals surface area (Å²) in [7, 11) is 0. The number of rotatable bonds is 7. The molecular weight excluding hydrogens is 512 g/mol. The van der Waals surface area contributed by atoms with Crippen molar-refractivity contribution in [3.05, 3.63) is 81.9 Å². The number of halogens is 6. The van der Waals surface area contributed by atoms with E-state index >= 15 is 0 Å². The number of nitro groups is 1. The molecule has 0 aliphatic heterocycles. The van der Waals surface area contributed by atoms with Gasteiger partial charge in [0.1, 0.15) is 18.2 Å². The highest BCUT2D eigenvalue weighted by Crippen LogP contribution is 2.33. The molecule has 2 heterocycles. The van der Waals surface area contributed by atoms with Crippen molar-refractivity contribution < 1.29 is 40.8 Å². The van der Waals surface area contributed by atoms with Gasteiger partial charge in [-0.25, -0.2) is 22.7 Å². The fraction of sp³-hybridized carbons (Fsp3) is 0.136. The number of hydrogen-bond donors (Lipinski definition) is 1. The van der Waals surface area contributed by atoms with Crippen LogP contribution in [0.4, 0.5) is 37.7 Å². The normalized spacial score (nSPS) is 11.6. The lowest BCUT2D eigenvalue weighted by Crippen LogP contribution is -2.16. The average molecular weight is 525 g/mol. The number of ether oxygens (including phenoxy) is 1. The Morgan fingerprint density at radius 2 is 1.81 bits per heavy atom. The molecule has 0 saturated carbocycles. The van der Waals surface area contributed by atoms with Crippen LogP contribution in [0.15, 0.2) is 54.6 Å². The number of alkyl halides is 5. The Balaban J connectivity index is 1.71. The van der Waals surface area contributed by atoms with Crippen molar-refractivity contribution in [2.75, 3.05) is 11.9 Å². The maximum absolute atomic E-state index is 13.7.